The molecule has 0 aromatic carbocycles. The van der Waals surface area contributed by atoms with Gasteiger partial charge in [-0.3, -0.25) is 9.48 Å². The van der Waals surface area contributed by atoms with E-state index < -0.39 is 0 Å². The molecule has 1 atom stereocenters. The van der Waals surface area contributed by atoms with Crippen LogP contribution >= 0.6 is 0 Å². The van der Waals surface area contributed by atoms with Gasteiger partial charge >= 0.3 is 0 Å². The SMILES string of the molecule is Cc1ccc(CN(C)C(=O)CN[C@@H](C)Cn2cccn2)o1. The minimum absolute atomic E-state index is 0.0383. The van der Waals surface area contributed by atoms with E-state index in [0.717, 1.165) is 18.1 Å². The molecule has 0 aliphatic rings. The number of aromatic nitrogens is 2. The minimum atomic E-state index is 0.0383. The van der Waals surface area contributed by atoms with Crippen molar-refractivity contribution in [3.8, 4) is 0 Å². The van der Waals surface area contributed by atoms with E-state index in [1.807, 2.05) is 42.9 Å². The molecule has 0 radical (unpaired) electrons. The first-order chi connectivity index (χ1) is 10.0. The molecule has 0 fully saturated rings. The highest BCUT2D eigenvalue weighted by Gasteiger charge is 2.12. The van der Waals surface area contributed by atoms with E-state index in [0.29, 0.717) is 13.1 Å². The Bertz CT molecular complexity index is 562. The molecular weight excluding hydrogens is 268 g/mol. The van der Waals surface area contributed by atoms with Crippen LogP contribution in [0.5, 0.6) is 0 Å². The number of carbonyl (C=O) groups is 1. The fourth-order valence-corrected chi connectivity index (χ4v) is 2.04. The highest BCUT2D eigenvalue weighted by Crippen LogP contribution is 2.08. The zero-order valence-corrected chi connectivity index (χ0v) is 12.7. The molecular formula is C15H22N4O2. The molecule has 2 aromatic rings. The van der Waals surface area contributed by atoms with Crippen molar-refractivity contribution in [2.45, 2.75) is 33.0 Å². The number of furan rings is 1. The number of aryl methyl sites for hydroxylation is 1. The maximum Gasteiger partial charge on any atom is 0.236 e. The average Bonchev–Trinajstić information content (AvgIpc) is 3.08. The van der Waals surface area contributed by atoms with Gasteiger partial charge in [0.25, 0.3) is 0 Å². The molecule has 2 rings (SSSR count). The van der Waals surface area contributed by atoms with Gasteiger partial charge in [0.05, 0.1) is 19.6 Å². The Kier molecular flexibility index (Phi) is 5.16. The maximum atomic E-state index is 12.1. The normalized spacial score (nSPS) is 12.3. The number of hydrogen-bond acceptors (Lipinski definition) is 4. The van der Waals surface area contributed by atoms with Crippen molar-refractivity contribution >= 4 is 5.91 Å². The zero-order chi connectivity index (χ0) is 15.2. The largest absolute Gasteiger partial charge is 0.464 e. The molecule has 1 amide bonds. The van der Waals surface area contributed by atoms with Gasteiger partial charge in [-0.25, -0.2) is 0 Å². The third kappa shape index (κ3) is 4.75. The summed E-state index contributed by atoms with van der Waals surface area (Å²) in [5.74, 6) is 1.70. The van der Waals surface area contributed by atoms with E-state index in [1.165, 1.54) is 0 Å². The lowest BCUT2D eigenvalue weighted by atomic mass is 10.3. The molecule has 0 bridgehead atoms. The third-order valence-electron chi connectivity index (χ3n) is 3.24. The summed E-state index contributed by atoms with van der Waals surface area (Å²) >= 11 is 0. The molecule has 0 aliphatic carbocycles. The molecule has 0 saturated heterocycles. The lowest BCUT2D eigenvalue weighted by Gasteiger charge is -2.18. The summed E-state index contributed by atoms with van der Waals surface area (Å²) in [6.07, 6.45) is 3.66. The molecule has 114 valence electrons. The van der Waals surface area contributed by atoms with Gasteiger partial charge in [0.2, 0.25) is 5.91 Å². The van der Waals surface area contributed by atoms with Gasteiger partial charge < -0.3 is 14.6 Å². The first kappa shape index (κ1) is 15.3. The Labute approximate surface area is 124 Å². The lowest BCUT2D eigenvalue weighted by molar-refractivity contribution is -0.129. The predicted octanol–water partition coefficient (Wildman–Crippen LogP) is 1.42. The second-order valence-electron chi connectivity index (χ2n) is 5.27. The van der Waals surface area contributed by atoms with E-state index in [2.05, 4.69) is 10.4 Å². The molecule has 0 unspecified atom stereocenters. The second kappa shape index (κ2) is 7.08. The van der Waals surface area contributed by atoms with Crippen LogP contribution in [0.4, 0.5) is 0 Å². The highest BCUT2D eigenvalue weighted by atomic mass is 16.3. The second-order valence-corrected chi connectivity index (χ2v) is 5.27. The molecule has 1 N–H and O–H groups in total. The lowest BCUT2D eigenvalue weighted by Crippen LogP contribution is -2.40. The van der Waals surface area contributed by atoms with E-state index in [4.69, 9.17) is 4.42 Å². The molecule has 2 heterocycles. The Morgan fingerprint density at radius 1 is 1.52 bits per heavy atom. The van der Waals surface area contributed by atoms with Gasteiger partial charge in [-0.15, -0.1) is 0 Å². The first-order valence-corrected chi connectivity index (χ1v) is 7.04. The molecule has 21 heavy (non-hydrogen) atoms. The molecule has 6 heteroatoms. The zero-order valence-electron chi connectivity index (χ0n) is 12.7. The van der Waals surface area contributed by atoms with Crippen LogP contribution in [0.2, 0.25) is 0 Å². The summed E-state index contributed by atoms with van der Waals surface area (Å²) < 4.78 is 7.32. The predicted molar refractivity (Wildman–Crippen MR) is 79.6 cm³/mol. The van der Waals surface area contributed by atoms with Crippen molar-refractivity contribution < 1.29 is 9.21 Å². The van der Waals surface area contributed by atoms with Crippen LogP contribution in [0.3, 0.4) is 0 Å². The van der Waals surface area contributed by atoms with Gasteiger partial charge in [0, 0.05) is 25.5 Å². The van der Waals surface area contributed by atoms with Crippen LogP contribution in [0, 0.1) is 6.92 Å². The van der Waals surface area contributed by atoms with Gasteiger partial charge in [0.15, 0.2) is 0 Å². The minimum Gasteiger partial charge on any atom is -0.464 e. The molecule has 2 aromatic heterocycles. The summed E-state index contributed by atoms with van der Waals surface area (Å²) in [4.78, 5) is 13.7. The third-order valence-corrected chi connectivity index (χ3v) is 3.24. The number of carbonyl (C=O) groups excluding carboxylic acids is 1. The van der Waals surface area contributed by atoms with Crippen LogP contribution in [0.1, 0.15) is 18.4 Å². The summed E-state index contributed by atoms with van der Waals surface area (Å²) in [5, 5.41) is 7.36. The van der Waals surface area contributed by atoms with Crippen LogP contribution in [-0.2, 0) is 17.9 Å². The van der Waals surface area contributed by atoms with Gasteiger partial charge in [-0.2, -0.15) is 5.10 Å². The fraction of sp³-hybridized carbons (Fsp3) is 0.467. The smallest absolute Gasteiger partial charge is 0.236 e. The number of nitrogens with one attached hydrogen (secondary N) is 1. The Hall–Kier alpha value is -2.08. The van der Waals surface area contributed by atoms with Crippen molar-refractivity contribution in [2.24, 2.45) is 0 Å². The topological polar surface area (TPSA) is 63.3 Å². The number of hydrogen-bond donors (Lipinski definition) is 1. The van der Waals surface area contributed by atoms with Gasteiger partial charge in [-0.1, -0.05) is 0 Å². The van der Waals surface area contributed by atoms with Crippen LogP contribution in [-0.4, -0.2) is 40.2 Å². The molecule has 0 aliphatic heterocycles. The summed E-state index contributed by atoms with van der Waals surface area (Å²) in [5.41, 5.74) is 0. The number of nitrogens with zero attached hydrogens (tertiary/aromatic N) is 3. The Balaban J connectivity index is 1.73. The maximum absolute atomic E-state index is 12.1. The standard InChI is InChI=1S/C15H22N4O2/c1-12(10-19-8-4-7-17-19)16-9-15(20)18(3)11-14-6-5-13(2)21-14/h4-8,12,16H,9-11H2,1-3H3/t12-/m0/s1. The van der Waals surface area contributed by atoms with E-state index in [-0.39, 0.29) is 11.9 Å². The van der Waals surface area contributed by atoms with E-state index >= 15 is 0 Å². The van der Waals surface area contributed by atoms with Crippen molar-refractivity contribution in [1.29, 1.82) is 0 Å². The Morgan fingerprint density at radius 2 is 2.33 bits per heavy atom. The van der Waals surface area contributed by atoms with Gasteiger partial charge in [0.1, 0.15) is 11.5 Å². The number of amides is 1. The quantitative estimate of drug-likeness (QED) is 0.837. The summed E-state index contributed by atoms with van der Waals surface area (Å²) in [6.45, 7) is 5.45. The monoisotopic (exact) mass is 290 g/mol. The van der Waals surface area contributed by atoms with Crippen molar-refractivity contribution in [2.75, 3.05) is 13.6 Å². The molecule has 6 nitrogen and oxygen atoms in total. The van der Waals surface area contributed by atoms with E-state index in [1.54, 1.807) is 18.1 Å². The molecule has 0 spiro atoms. The average molecular weight is 290 g/mol. The van der Waals surface area contributed by atoms with Crippen LogP contribution < -0.4 is 5.32 Å². The van der Waals surface area contributed by atoms with E-state index in [9.17, 15) is 4.79 Å². The van der Waals surface area contributed by atoms with Crippen molar-refractivity contribution in [1.82, 2.24) is 20.0 Å². The van der Waals surface area contributed by atoms with Crippen molar-refractivity contribution in [3.05, 3.63) is 42.1 Å². The first-order valence-electron chi connectivity index (χ1n) is 7.04. The fourth-order valence-electron chi connectivity index (χ4n) is 2.04. The summed E-state index contributed by atoms with van der Waals surface area (Å²) in [6, 6.07) is 5.86. The van der Waals surface area contributed by atoms with Crippen LogP contribution in [0.25, 0.3) is 0 Å². The van der Waals surface area contributed by atoms with Gasteiger partial charge in [-0.05, 0) is 32.0 Å². The highest BCUT2D eigenvalue weighted by molar-refractivity contribution is 5.77. The van der Waals surface area contributed by atoms with Crippen LogP contribution in [0.15, 0.2) is 35.0 Å². The Morgan fingerprint density at radius 3 is 2.95 bits per heavy atom. The summed E-state index contributed by atoms with van der Waals surface area (Å²) in [7, 11) is 1.78. The number of likely N-dealkylation sites (N-methyl/N-ethyl adjacent to an activating group) is 1. The molecule has 0 saturated carbocycles. The number of rotatable bonds is 7. The van der Waals surface area contributed by atoms with Crippen molar-refractivity contribution in [3.63, 3.8) is 0 Å².